The normalized spacial score (nSPS) is 28.3. The van der Waals surface area contributed by atoms with E-state index in [0.717, 1.165) is 18.5 Å². The summed E-state index contributed by atoms with van der Waals surface area (Å²) in [4.78, 5) is 12.7. The fourth-order valence-electron chi connectivity index (χ4n) is 4.60. The van der Waals surface area contributed by atoms with Crippen molar-refractivity contribution in [2.45, 2.75) is 50.5 Å². The van der Waals surface area contributed by atoms with Gasteiger partial charge >= 0.3 is 0 Å². The SMILES string of the molecule is C[C@@H]1CC2C[C@H](Oc3cnc(-c4ccc(-n5ccnc5)cc4O)cn3)[C@@H](F)C(C1)N2. The summed E-state index contributed by atoms with van der Waals surface area (Å²) in [6.45, 7) is 2.18. The highest BCUT2D eigenvalue weighted by atomic mass is 19.1. The maximum Gasteiger partial charge on any atom is 0.232 e. The summed E-state index contributed by atoms with van der Waals surface area (Å²) in [6, 6.07) is 5.42. The molecule has 5 rings (SSSR count). The number of alkyl halides is 1. The first-order chi connectivity index (χ1) is 14.6. The number of benzene rings is 1. The zero-order valence-corrected chi connectivity index (χ0v) is 16.6. The van der Waals surface area contributed by atoms with Crippen LogP contribution in [0.2, 0.25) is 0 Å². The lowest BCUT2D eigenvalue weighted by Crippen LogP contribution is -2.60. The van der Waals surface area contributed by atoms with Crippen LogP contribution in [0.25, 0.3) is 16.9 Å². The van der Waals surface area contributed by atoms with Gasteiger partial charge in [-0.25, -0.2) is 19.3 Å². The first-order valence-electron chi connectivity index (χ1n) is 10.3. The van der Waals surface area contributed by atoms with E-state index < -0.39 is 12.3 Å². The number of hydrogen-bond donors (Lipinski definition) is 2. The number of ether oxygens (including phenoxy) is 1. The largest absolute Gasteiger partial charge is 0.507 e. The lowest BCUT2D eigenvalue weighted by atomic mass is 9.79. The van der Waals surface area contributed by atoms with E-state index in [1.165, 1.54) is 6.20 Å². The van der Waals surface area contributed by atoms with Crippen LogP contribution in [-0.4, -0.2) is 49.0 Å². The molecule has 2 aliphatic heterocycles. The molecule has 2 unspecified atom stereocenters. The number of rotatable bonds is 4. The Kier molecular flexibility index (Phi) is 4.86. The molecule has 0 spiro atoms. The number of piperidine rings is 2. The lowest BCUT2D eigenvalue weighted by Gasteiger charge is -2.44. The predicted molar refractivity (Wildman–Crippen MR) is 109 cm³/mol. The minimum absolute atomic E-state index is 0.0910. The van der Waals surface area contributed by atoms with Crippen LogP contribution < -0.4 is 10.1 Å². The molecule has 2 aromatic heterocycles. The molecule has 5 atom stereocenters. The van der Waals surface area contributed by atoms with Crippen molar-refractivity contribution in [3.05, 3.63) is 49.3 Å². The Balaban J connectivity index is 1.30. The first kappa shape index (κ1) is 19.0. The summed E-state index contributed by atoms with van der Waals surface area (Å²) < 4.78 is 22.5. The maximum atomic E-state index is 14.9. The van der Waals surface area contributed by atoms with Crippen molar-refractivity contribution in [2.24, 2.45) is 5.92 Å². The number of aromatic hydroxyl groups is 1. The van der Waals surface area contributed by atoms with E-state index in [0.29, 0.717) is 29.5 Å². The van der Waals surface area contributed by atoms with E-state index in [4.69, 9.17) is 4.74 Å². The van der Waals surface area contributed by atoms with Gasteiger partial charge in [0.25, 0.3) is 0 Å². The van der Waals surface area contributed by atoms with Gasteiger partial charge in [0, 0.05) is 42.5 Å². The van der Waals surface area contributed by atoms with Crippen LogP contribution in [0.4, 0.5) is 4.39 Å². The van der Waals surface area contributed by atoms with Crippen LogP contribution in [-0.2, 0) is 0 Å². The van der Waals surface area contributed by atoms with Gasteiger partial charge in [0.2, 0.25) is 5.88 Å². The summed E-state index contributed by atoms with van der Waals surface area (Å²) in [7, 11) is 0. The predicted octanol–water partition coefficient (Wildman–Crippen LogP) is 3.28. The summed E-state index contributed by atoms with van der Waals surface area (Å²) in [5.74, 6) is 0.926. The highest BCUT2D eigenvalue weighted by Gasteiger charge is 2.43. The van der Waals surface area contributed by atoms with Crippen molar-refractivity contribution < 1.29 is 14.2 Å². The minimum Gasteiger partial charge on any atom is -0.507 e. The maximum absolute atomic E-state index is 14.9. The fraction of sp³-hybridized carbons (Fsp3) is 0.409. The fourth-order valence-corrected chi connectivity index (χ4v) is 4.60. The smallest absolute Gasteiger partial charge is 0.232 e. The van der Waals surface area contributed by atoms with Crippen molar-refractivity contribution in [1.29, 1.82) is 0 Å². The second kappa shape index (κ2) is 7.68. The Morgan fingerprint density at radius 3 is 2.83 bits per heavy atom. The number of hydrogen-bond acceptors (Lipinski definition) is 6. The van der Waals surface area contributed by atoms with Gasteiger partial charge < -0.3 is 19.7 Å². The second-order valence-electron chi connectivity index (χ2n) is 8.29. The molecular weight excluding hydrogens is 385 g/mol. The molecule has 7 nitrogen and oxygen atoms in total. The van der Waals surface area contributed by atoms with Crippen molar-refractivity contribution in [2.75, 3.05) is 0 Å². The van der Waals surface area contributed by atoms with Crippen LogP contribution in [0.1, 0.15) is 26.2 Å². The van der Waals surface area contributed by atoms with Crippen LogP contribution in [0.5, 0.6) is 11.6 Å². The van der Waals surface area contributed by atoms with Gasteiger partial charge in [-0.1, -0.05) is 6.92 Å². The molecule has 4 heterocycles. The Morgan fingerprint density at radius 1 is 1.20 bits per heavy atom. The number of halogens is 1. The number of nitrogens with zero attached hydrogens (tertiary/aromatic N) is 4. The van der Waals surface area contributed by atoms with Gasteiger partial charge in [0.05, 0.1) is 30.1 Å². The van der Waals surface area contributed by atoms with Crippen LogP contribution in [0, 0.1) is 5.92 Å². The molecule has 2 aliphatic rings. The van der Waals surface area contributed by atoms with E-state index in [1.54, 1.807) is 41.6 Å². The molecule has 3 aromatic rings. The molecule has 2 saturated heterocycles. The molecule has 30 heavy (non-hydrogen) atoms. The first-order valence-corrected chi connectivity index (χ1v) is 10.3. The summed E-state index contributed by atoms with van der Waals surface area (Å²) in [6.07, 6.45) is 9.09. The van der Waals surface area contributed by atoms with Crippen molar-refractivity contribution in [3.8, 4) is 28.6 Å². The van der Waals surface area contributed by atoms with E-state index in [1.807, 2.05) is 6.07 Å². The molecule has 2 N–H and O–H groups in total. The van der Waals surface area contributed by atoms with Crippen LogP contribution in [0.15, 0.2) is 49.3 Å². The van der Waals surface area contributed by atoms with E-state index >= 15 is 0 Å². The third kappa shape index (κ3) is 3.63. The summed E-state index contributed by atoms with van der Waals surface area (Å²) in [5.41, 5.74) is 1.87. The molecule has 2 fully saturated rings. The summed E-state index contributed by atoms with van der Waals surface area (Å²) >= 11 is 0. The Morgan fingerprint density at radius 2 is 2.10 bits per heavy atom. The number of nitrogens with one attached hydrogen (secondary N) is 1. The minimum atomic E-state index is -1.06. The quantitative estimate of drug-likeness (QED) is 0.688. The van der Waals surface area contributed by atoms with Gasteiger partial charge in [0.1, 0.15) is 11.9 Å². The Hall–Kier alpha value is -3.00. The van der Waals surface area contributed by atoms with E-state index in [-0.39, 0.29) is 17.8 Å². The van der Waals surface area contributed by atoms with Gasteiger partial charge in [0.15, 0.2) is 6.17 Å². The average Bonchev–Trinajstić information content (AvgIpc) is 3.27. The number of fused-ring (bicyclic) bond motifs is 2. The molecule has 8 heteroatoms. The molecule has 2 bridgehead atoms. The third-order valence-corrected chi connectivity index (χ3v) is 6.01. The highest BCUT2D eigenvalue weighted by Crippen LogP contribution is 2.34. The van der Waals surface area contributed by atoms with Crippen molar-refractivity contribution in [3.63, 3.8) is 0 Å². The van der Waals surface area contributed by atoms with Crippen molar-refractivity contribution in [1.82, 2.24) is 24.8 Å². The zero-order valence-electron chi connectivity index (χ0n) is 16.6. The lowest BCUT2D eigenvalue weighted by molar-refractivity contribution is -0.00333. The number of phenolic OH excluding ortho intramolecular Hbond substituents is 1. The average molecular weight is 409 g/mol. The molecule has 0 saturated carbocycles. The number of imidazole rings is 1. The van der Waals surface area contributed by atoms with Gasteiger partial charge in [-0.05, 0) is 30.9 Å². The highest BCUT2D eigenvalue weighted by molar-refractivity contribution is 5.68. The topological polar surface area (TPSA) is 85.1 Å². The van der Waals surface area contributed by atoms with Gasteiger partial charge in [-0.15, -0.1) is 0 Å². The Labute approximate surface area is 174 Å². The van der Waals surface area contributed by atoms with Crippen LogP contribution >= 0.6 is 0 Å². The third-order valence-electron chi connectivity index (χ3n) is 6.01. The standard InChI is InChI=1S/C22H24FN5O2/c1-13-6-14-8-20(22(23)17(7-13)27-14)30-21-11-25-18(10-26-21)16-3-2-15(9-19(16)29)28-5-4-24-12-28/h2-5,9-14,17,20,22,27,29H,6-8H2,1H3/t13-,14?,17?,20+,22+/m1/s1. The molecule has 0 amide bonds. The van der Waals surface area contributed by atoms with E-state index in [9.17, 15) is 9.50 Å². The number of aromatic nitrogens is 4. The molecular formula is C22H24FN5O2. The van der Waals surface area contributed by atoms with Gasteiger partial charge in [-0.3, -0.25) is 0 Å². The monoisotopic (exact) mass is 409 g/mol. The zero-order chi connectivity index (χ0) is 20.7. The molecule has 0 aliphatic carbocycles. The second-order valence-corrected chi connectivity index (χ2v) is 8.29. The molecule has 1 aromatic carbocycles. The van der Waals surface area contributed by atoms with E-state index in [2.05, 4.69) is 27.2 Å². The molecule has 0 radical (unpaired) electrons. The molecule has 156 valence electrons. The van der Waals surface area contributed by atoms with Gasteiger partial charge in [-0.2, -0.15) is 0 Å². The number of phenols is 1. The summed E-state index contributed by atoms with van der Waals surface area (Å²) in [5, 5.41) is 13.8. The Bertz CT molecular complexity index is 1010. The van der Waals surface area contributed by atoms with Crippen LogP contribution in [0.3, 0.4) is 0 Å². The van der Waals surface area contributed by atoms with Crippen molar-refractivity contribution >= 4 is 0 Å².